The zero-order valence-corrected chi connectivity index (χ0v) is 18.8. The van der Waals surface area contributed by atoms with Crippen molar-refractivity contribution in [3.05, 3.63) is 64.7 Å². The lowest BCUT2D eigenvalue weighted by Crippen LogP contribution is -2.35. The largest absolute Gasteiger partial charge is 0.349 e. The van der Waals surface area contributed by atoms with Crippen molar-refractivity contribution in [1.82, 2.24) is 4.90 Å². The number of thiocarbonyl (C=S) groups is 1. The van der Waals surface area contributed by atoms with E-state index in [1.54, 1.807) is 18.7 Å². The van der Waals surface area contributed by atoms with Gasteiger partial charge in [-0.25, -0.2) is 0 Å². The molecule has 152 valence electrons. The molecule has 0 radical (unpaired) electrons. The predicted molar refractivity (Wildman–Crippen MR) is 120 cm³/mol. The summed E-state index contributed by atoms with van der Waals surface area (Å²) in [5, 5.41) is 4.25. The molecule has 0 bridgehead atoms. The number of halogens is 1. The first kappa shape index (κ1) is 22.9. The molecule has 1 N–H and O–H groups in total. The van der Waals surface area contributed by atoms with Crippen LogP contribution in [0.1, 0.15) is 25.0 Å². The van der Waals surface area contributed by atoms with Crippen molar-refractivity contribution in [1.29, 1.82) is 0 Å². The highest BCUT2D eigenvalue weighted by Crippen LogP contribution is 2.48. The first-order valence-electron chi connectivity index (χ1n) is 9.11. The van der Waals surface area contributed by atoms with E-state index in [1.807, 2.05) is 55.5 Å². The van der Waals surface area contributed by atoms with E-state index in [0.717, 1.165) is 16.8 Å². The Kier molecular flexibility index (Phi) is 8.93. The van der Waals surface area contributed by atoms with Crippen molar-refractivity contribution in [3.63, 3.8) is 0 Å². The predicted octanol–water partition coefficient (Wildman–Crippen LogP) is 6.07. The van der Waals surface area contributed by atoms with Crippen LogP contribution in [0.4, 0.5) is 5.69 Å². The van der Waals surface area contributed by atoms with Gasteiger partial charge in [0.1, 0.15) is 6.29 Å². The van der Waals surface area contributed by atoms with Gasteiger partial charge < -0.3 is 19.3 Å². The number of nitrogens with zero attached hydrogens (tertiary/aromatic N) is 1. The monoisotopic (exact) mass is 440 g/mol. The average molecular weight is 441 g/mol. The molecule has 0 aliphatic rings. The molecule has 2 rings (SSSR count). The first-order chi connectivity index (χ1) is 13.4. The summed E-state index contributed by atoms with van der Waals surface area (Å²) in [6.45, 7) is 6.53. The van der Waals surface area contributed by atoms with Gasteiger partial charge in [-0.1, -0.05) is 41.9 Å². The van der Waals surface area contributed by atoms with E-state index < -0.39 is 7.60 Å². The van der Waals surface area contributed by atoms with Crippen LogP contribution in [0.15, 0.2) is 48.5 Å². The Morgan fingerprint density at radius 1 is 1.14 bits per heavy atom. The summed E-state index contributed by atoms with van der Waals surface area (Å²) >= 11 is 11.9. The quantitative estimate of drug-likeness (QED) is 0.377. The summed E-state index contributed by atoms with van der Waals surface area (Å²) in [5.41, 5.74) is 2.84. The average Bonchev–Trinajstić information content (AvgIpc) is 2.63. The molecule has 0 aromatic heterocycles. The summed E-state index contributed by atoms with van der Waals surface area (Å²) in [6.07, 6.45) is 0.0253. The topological polar surface area (TPSA) is 50.8 Å². The van der Waals surface area contributed by atoms with Crippen LogP contribution in [0.3, 0.4) is 0 Å². The van der Waals surface area contributed by atoms with Crippen LogP contribution in [-0.4, -0.2) is 29.5 Å². The number of anilines is 1. The van der Waals surface area contributed by atoms with E-state index in [4.69, 9.17) is 32.9 Å². The number of hydrogen-bond acceptors (Lipinski definition) is 4. The highest BCUT2D eigenvalue weighted by atomic mass is 35.5. The third kappa shape index (κ3) is 6.87. The summed E-state index contributed by atoms with van der Waals surface area (Å²) in [4.78, 5) is 1.77. The van der Waals surface area contributed by atoms with Crippen molar-refractivity contribution in [3.8, 4) is 0 Å². The molecule has 0 atom stereocenters. The fourth-order valence-electron chi connectivity index (χ4n) is 2.67. The number of aryl methyl sites for hydroxylation is 1. The number of benzene rings is 2. The van der Waals surface area contributed by atoms with E-state index in [1.165, 1.54) is 0 Å². The molecule has 28 heavy (non-hydrogen) atoms. The minimum Gasteiger partial charge on any atom is -0.333 e. The molecular formula is C20H26ClN2O3PS. The SMILES string of the molecule is CCOP(=O)(CN(Cc1ccccc1Cl)C(=S)Nc1cccc(C)c1)OCC. The number of nitrogens with one attached hydrogen (secondary N) is 1. The molecular weight excluding hydrogens is 415 g/mol. The lowest BCUT2D eigenvalue weighted by atomic mass is 10.2. The summed E-state index contributed by atoms with van der Waals surface area (Å²) in [5.74, 6) is 0. The smallest absolute Gasteiger partial charge is 0.333 e. The Balaban J connectivity index is 2.27. The van der Waals surface area contributed by atoms with Crippen molar-refractivity contribution in [2.45, 2.75) is 27.3 Å². The lowest BCUT2D eigenvalue weighted by Gasteiger charge is -2.29. The second kappa shape index (κ2) is 10.9. The van der Waals surface area contributed by atoms with Gasteiger partial charge in [0.2, 0.25) is 0 Å². The summed E-state index contributed by atoms with van der Waals surface area (Å²) < 4.78 is 24.0. The van der Waals surface area contributed by atoms with Crippen molar-refractivity contribution in [2.24, 2.45) is 0 Å². The third-order valence-electron chi connectivity index (χ3n) is 3.87. The molecule has 0 saturated carbocycles. The fraction of sp³-hybridized carbons (Fsp3) is 0.350. The van der Waals surface area contributed by atoms with Gasteiger partial charge in [-0.2, -0.15) is 0 Å². The van der Waals surface area contributed by atoms with Crippen LogP contribution in [0.5, 0.6) is 0 Å². The maximum atomic E-state index is 13.1. The molecule has 5 nitrogen and oxygen atoms in total. The Bertz CT molecular complexity index is 840. The Morgan fingerprint density at radius 2 is 1.82 bits per heavy atom. The van der Waals surface area contributed by atoms with Gasteiger partial charge in [0.25, 0.3) is 0 Å². The molecule has 2 aromatic carbocycles. The Hall–Kier alpha value is -1.43. The van der Waals surface area contributed by atoms with Gasteiger partial charge >= 0.3 is 7.60 Å². The maximum absolute atomic E-state index is 13.1. The zero-order chi connectivity index (χ0) is 20.6. The number of rotatable bonds is 9. The maximum Gasteiger partial charge on any atom is 0.349 e. The van der Waals surface area contributed by atoms with E-state index >= 15 is 0 Å². The van der Waals surface area contributed by atoms with Gasteiger partial charge in [0.15, 0.2) is 5.11 Å². The minimum absolute atomic E-state index is 0.0253. The molecule has 0 saturated heterocycles. The summed E-state index contributed by atoms with van der Waals surface area (Å²) in [7, 11) is -3.34. The van der Waals surface area contributed by atoms with E-state index in [-0.39, 0.29) is 19.5 Å². The van der Waals surface area contributed by atoms with Crippen LogP contribution in [0.25, 0.3) is 0 Å². The van der Waals surface area contributed by atoms with Crippen LogP contribution >= 0.6 is 31.4 Å². The molecule has 0 fully saturated rings. The van der Waals surface area contributed by atoms with Crippen molar-refractivity contribution < 1.29 is 13.6 Å². The third-order valence-corrected chi connectivity index (χ3v) is 6.59. The van der Waals surface area contributed by atoms with Gasteiger partial charge in [0, 0.05) is 17.3 Å². The Morgan fingerprint density at radius 3 is 2.43 bits per heavy atom. The molecule has 0 heterocycles. The van der Waals surface area contributed by atoms with Crippen LogP contribution < -0.4 is 5.32 Å². The highest BCUT2D eigenvalue weighted by Gasteiger charge is 2.29. The highest BCUT2D eigenvalue weighted by molar-refractivity contribution is 7.80. The van der Waals surface area contributed by atoms with Gasteiger partial charge in [-0.3, -0.25) is 4.57 Å². The van der Waals surface area contributed by atoms with Crippen LogP contribution in [-0.2, 0) is 20.2 Å². The van der Waals surface area contributed by atoms with Crippen molar-refractivity contribution in [2.75, 3.05) is 24.8 Å². The molecule has 8 heteroatoms. The zero-order valence-electron chi connectivity index (χ0n) is 16.4. The first-order valence-corrected chi connectivity index (χ1v) is 11.6. The van der Waals surface area contributed by atoms with Gasteiger partial charge in [0.05, 0.1) is 13.2 Å². The van der Waals surface area contributed by atoms with E-state index in [9.17, 15) is 4.57 Å². The van der Waals surface area contributed by atoms with Gasteiger partial charge in [-0.15, -0.1) is 0 Å². The molecule has 0 aliphatic heterocycles. The lowest BCUT2D eigenvalue weighted by molar-refractivity contribution is 0.209. The normalized spacial score (nSPS) is 11.3. The molecule has 0 unspecified atom stereocenters. The minimum atomic E-state index is -3.34. The van der Waals surface area contributed by atoms with Gasteiger partial charge in [-0.05, 0) is 62.3 Å². The second-order valence-electron chi connectivity index (χ2n) is 6.18. The fourth-order valence-corrected chi connectivity index (χ4v) is 4.89. The molecule has 2 aromatic rings. The van der Waals surface area contributed by atoms with E-state index in [0.29, 0.717) is 16.7 Å². The molecule has 0 aliphatic carbocycles. The van der Waals surface area contributed by atoms with Crippen LogP contribution in [0.2, 0.25) is 5.02 Å². The van der Waals surface area contributed by atoms with Crippen LogP contribution in [0, 0.1) is 6.92 Å². The Labute approximate surface area is 177 Å². The number of hydrogen-bond donors (Lipinski definition) is 1. The molecule has 0 amide bonds. The van der Waals surface area contributed by atoms with E-state index in [2.05, 4.69) is 5.32 Å². The summed E-state index contributed by atoms with van der Waals surface area (Å²) in [6, 6.07) is 15.4. The van der Waals surface area contributed by atoms with Crippen molar-refractivity contribution >= 4 is 42.2 Å². The molecule has 0 spiro atoms. The second-order valence-corrected chi connectivity index (χ2v) is 8.99. The standard InChI is InChI=1S/C20H26ClN2O3PS/c1-4-25-27(24,26-5-2)15-23(14-17-10-6-7-12-19(17)21)20(28)22-18-11-8-9-16(3)13-18/h6-13H,4-5,14-15H2,1-3H3,(H,22,28).